The molecule has 1 saturated heterocycles. The number of H-pyrrole nitrogens is 1. The summed E-state index contributed by atoms with van der Waals surface area (Å²) in [6.07, 6.45) is 1.78. The molecule has 0 bridgehead atoms. The number of amides is 2. The summed E-state index contributed by atoms with van der Waals surface area (Å²) in [5.74, 6) is -0.525. The Morgan fingerprint density at radius 1 is 1.20 bits per heavy atom. The molecule has 1 aliphatic heterocycles. The zero-order valence-electron chi connectivity index (χ0n) is 17.1. The van der Waals surface area contributed by atoms with Crippen molar-refractivity contribution in [3.8, 4) is 0 Å². The van der Waals surface area contributed by atoms with Gasteiger partial charge in [0.2, 0.25) is 11.5 Å². The van der Waals surface area contributed by atoms with E-state index in [9.17, 15) is 19.5 Å². The normalized spacial score (nSPS) is 24.7. The lowest BCUT2D eigenvalue weighted by Gasteiger charge is -2.35. The molecular formula is C20H30N4O6. The standard InChI is InChI=1S/C19H28N4O4.CH2O2/c1-22-8-3-9-23(11-10-22)19(27)13-6-7-16(24)15(12-13)21-18(26)14-4-2-5-17(25)20-14;2-1-3/h2,4-5,13,15-16,24H,3,6-12H2,1H3,(H,20,25)(H,21,26);1H,(H,2,3)/t13-,15+,16+;/m0./s1. The lowest BCUT2D eigenvalue weighted by Crippen LogP contribution is -2.50. The van der Waals surface area contributed by atoms with E-state index in [2.05, 4.69) is 22.2 Å². The predicted octanol–water partition coefficient (Wildman–Crippen LogP) is -0.501. The number of hydrogen-bond donors (Lipinski definition) is 4. The minimum Gasteiger partial charge on any atom is -0.483 e. The van der Waals surface area contributed by atoms with Gasteiger partial charge in [0.05, 0.1) is 12.1 Å². The van der Waals surface area contributed by atoms with Crippen LogP contribution in [0.15, 0.2) is 23.0 Å². The third kappa shape index (κ3) is 6.67. The number of aliphatic hydroxyl groups is 1. The van der Waals surface area contributed by atoms with Crippen LogP contribution < -0.4 is 10.9 Å². The Balaban J connectivity index is 0.00000101. The van der Waals surface area contributed by atoms with Crippen LogP contribution in [0.3, 0.4) is 0 Å². The monoisotopic (exact) mass is 422 g/mol. The van der Waals surface area contributed by atoms with Crippen molar-refractivity contribution in [1.82, 2.24) is 20.1 Å². The lowest BCUT2D eigenvalue weighted by atomic mass is 9.82. The summed E-state index contributed by atoms with van der Waals surface area (Å²) < 4.78 is 0. The Morgan fingerprint density at radius 2 is 1.93 bits per heavy atom. The summed E-state index contributed by atoms with van der Waals surface area (Å²) >= 11 is 0. The number of aromatic amines is 1. The number of likely N-dealkylation sites (N-methyl/N-ethyl adjacent to an activating group) is 1. The predicted molar refractivity (Wildman–Crippen MR) is 109 cm³/mol. The zero-order chi connectivity index (χ0) is 22.1. The Bertz CT molecular complexity index is 783. The number of nitrogens with zero attached hydrogens (tertiary/aromatic N) is 2. The van der Waals surface area contributed by atoms with Gasteiger partial charge in [0.1, 0.15) is 5.69 Å². The van der Waals surface area contributed by atoms with Gasteiger partial charge in [0.25, 0.3) is 12.4 Å². The van der Waals surface area contributed by atoms with E-state index < -0.39 is 18.1 Å². The van der Waals surface area contributed by atoms with Crippen molar-refractivity contribution in [3.05, 3.63) is 34.2 Å². The molecule has 3 rings (SSSR count). The molecule has 30 heavy (non-hydrogen) atoms. The van der Waals surface area contributed by atoms with Crippen molar-refractivity contribution in [3.63, 3.8) is 0 Å². The van der Waals surface area contributed by atoms with Gasteiger partial charge in [-0.25, -0.2) is 0 Å². The Kier molecular flexibility index (Phi) is 9.00. The molecule has 0 aromatic carbocycles. The molecule has 2 heterocycles. The number of nitrogens with one attached hydrogen (secondary N) is 2. The van der Waals surface area contributed by atoms with Crippen molar-refractivity contribution >= 4 is 18.3 Å². The first-order valence-electron chi connectivity index (χ1n) is 10.1. The molecular weight excluding hydrogens is 392 g/mol. The van der Waals surface area contributed by atoms with E-state index in [1.807, 2.05) is 4.90 Å². The highest BCUT2D eigenvalue weighted by molar-refractivity contribution is 5.92. The average molecular weight is 422 g/mol. The highest BCUT2D eigenvalue weighted by Crippen LogP contribution is 2.27. The molecule has 4 N–H and O–H groups in total. The van der Waals surface area contributed by atoms with Crippen LogP contribution in [-0.4, -0.2) is 88.7 Å². The quantitative estimate of drug-likeness (QED) is 0.481. The maximum atomic E-state index is 12.9. The van der Waals surface area contributed by atoms with E-state index in [-0.39, 0.29) is 29.6 Å². The topological polar surface area (TPSA) is 143 Å². The van der Waals surface area contributed by atoms with Gasteiger partial charge in [-0.1, -0.05) is 6.07 Å². The smallest absolute Gasteiger partial charge is 0.290 e. The van der Waals surface area contributed by atoms with Crippen LogP contribution in [0.1, 0.15) is 36.2 Å². The van der Waals surface area contributed by atoms with E-state index in [4.69, 9.17) is 9.90 Å². The van der Waals surface area contributed by atoms with E-state index in [1.165, 1.54) is 18.2 Å². The molecule has 10 nitrogen and oxygen atoms in total. The van der Waals surface area contributed by atoms with Crippen molar-refractivity contribution in [2.75, 3.05) is 33.2 Å². The van der Waals surface area contributed by atoms with Crippen LogP contribution in [0.2, 0.25) is 0 Å². The van der Waals surface area contributed by atoms with Crippen molar-refractivity contribution < 1.29 is 24.6 Å². The second-order valence-corrected chi connectivity index (χ2v) is 7.67. The number of carbonyl (C=O) groups excluding carboxylic acids is 2. The summed E-state index contributed by atoms with van der Waals surface area (Å²) in [4.78, 5) is 51.7. The molecule has 2 fully saturated rings. The first kappa shape index (κ1) is 23.6. The van der Waals surface area contributed by atoms with Crippen molar-refractivity contribution in [2.45, 2.75) is 37.8 Å². The molecule has 2 aliphatic rings. The highest BCUT2D eigenvalue weighted by Gasteiger charge is 2.36. The fraction of sp³-hybridized carbons (Fsp3) is 0.600. The maximum Gasteiger partial charge on any atom is 0.290 e. The number of hydrogen-bond acceptors (Lipinski definition) is 6. The molecule has 1 aromatic heterocycles. The molecule has 1 aromatic rings. The number of carboxylic acid groups (broad SMARTS) is 1. The fourth-order valence-corrected chi connectivity index (χ4v) is 3.89. The Morgan fingerprint density at radius 3 is 2.63 bits per heavy atom. The van der Waals surface area contributed by atoms with E-state index in [0.717, 1.165) is 32.6 Å². The molecule has 0 radical (unpaired) electrons. The summed E-state index contributed by atoms with van der Waals surface area (Å²) in [5.41, 5.74) is -0.204. The van der Waals surface area contributed by atoms with Gasteiger partial charge in [0.15, 0.2) is 0 Å². The number of rotatable bonds is 3. The molecule has 0 unspecified atom stereocenters. The van der Waals surface area contributed by atoms with Crippen LogP contribution in [0.4, 0.5) is 0 Å². The van der Waals surface area contributed by atoms with E-state index >= 15 is 0 Å². The molecule has 3 atom stereocenters. The first-order chi connectivity index (χ1) is 14.3. The fourth-order valence-electron chi connectivity index (χ4n) is 3.89. The number of carbonyl (C=O) groups is 3. The van der Waals surface area contributed by atoms with Gasteiger partial charge in [-0.15, -0.1) is 0 Å². The Labute approximate surface area is 174 Å². The minimum atomic E-state index is -0.691. The van der Waals surface area contributed by atoms with Gasteiger partial charge >= 0.3 is 0 Å². The van der Waals surface area contributed by atoms with Gasteiger partial charge < -0.3 is 30.3 Å². The largest absolute Gasteiger partial charge is 0.483 e. The van der Waals surface area contributed by atoms with Gasteiger partial charge in [0, 0.05) is 31.6 Å². The molecule has 1 saturated carbocycles. The molecule has 166 valence electrons. The van der Waals surface area contributed by atoms with E-state index in [1.54, 1.807) is 0 Å². The second kappa shape index (κ2) is 11.5. The lowest BCUT2D eigenvalue weighted by molar-refractivity contribution is -0.137. The minimum absolute atomic E-state index is 0.115. The van der Waals surface area contributed by atoms with Crippen LogP contribution in [-0.2, 0) is 9.59 Å². The van der Waals surface area contributed by atoms with Crippen molar-refractivity contribution in [1.29, 1.82) is 0 Å². The van der Waals surface area contributed by atoms with Crippen LogP contribution in [0.5, 0.6) is 0 Å². The van der Waals surface area contributed by atoms with Crippen LogP contribution >= 0.6 is 0 Å². The number of aliphatic hydroxyl groups excluding tert-OH is 1. The van der Waals surface area contributed by atoms with E-state index in [0.29, 0.717) is 19.3 Å². The summed E-state index contributed by atoms with van der Waals surface area (Å²) in [7, 11) is 2.06. The summed E-state index contributed by atoms with van der Waals surface area (Å²) in [6.45, 7) is 3.07. The van der Waals surface area contributed by atoms with Crippen LogP contribution in [0, 0.1) is 5.92 Å². The zero-order valence-corrected chi connectivity index (χ0v) is 17.1. The summed E-state index contributed by atoms with van der Waals surface area (Å²) in [5, 5.41) is 20.0. The third-order valence-corrected chi connectivity index (χ3v) is 5.52. The molecule has 1 aliphatic carbocycles. The number of pyridine rings is 1. The first-order valence-corrected chi connectivity index (χ1v) is 10.1. The molecule has 10 heteroatoms. The highest BCUT2D eigenvalue weighted by atomic mass is 16.3. The molecule has 0 spiro atoms. The van der Waals surface area contributed by atoms with Gasteiger partial charge in [-0.05, 0) is 45.3 Å². The molecule has 2 amide bonds. The van der Waals surface area contributed by atoms with Crippen molar-refractivity contribution in [2.24, 2.45) is 5.92 Å². The third-order valence-electron chi connectivity index (χ3n) is 5.52. The van der Waals surface area contributed by atoms with Gasteiger partial charge in [-0.3, -0.25) is 19.2 Å². The second-order valence-electron chi connectivity index (χ2n) is 7.67. The summed E-state index contributed by atoms with van der Waals surface area (Å²) in [6, 6.07) is 3.86. The van der Waals surface area contributed by atoms with Crippen LogP contribution in [0.25, 0.3) is 0 Å². The SMILES string of the molecule is CN1CCCN(C(=O)[C@H]2CC[C@@H](O)[C@H](NC(=O)c3cccc(=O)[nH]3)C2)CC1.O=CO. The average Bonchev–Trinajstić information content (AvgIpc) is 2.94. The Hall–Kier alpha value is -2.72. The van der Waals surface area contributed by atoms with Gasteiger partial charge in [-0.2, -0.15) is 0 Å². The number of aromatic nitrogens is 1. The maximum absolute atomic E-state index is 12.9.